The number of benzene rings is 1. The average Bonchev–Trinajstić information content (AvgIpc) is 2.73. The highest BCUT2D eigenvalue weighted by molar-refractivity contribution is 6.07. The highest BCUT2D eigenvalue weighted by Crippen LogP contribution is 2.27. The fourth-order valence-electron chi connectivity index (χ4n) is 3.82. The number of carbonyl (C=O) groups is 1. The highest BCUT2D eigenvalue weighted by atomic mass is 16.2. The minimum atomic E-state index is 0.0641. The number of amides is 1. The molecule has 1 aliphatic heterocycles. The number of fused-ring (bicyclic) bond motifs is 1. The predicted molar refractivity (Wildman–Crippen MR) is 107 cm³/mol. The molecule has 2 aromatic heterocycles. The molecule has 1 saturated heterocycles. The zero-order valence-electron chi connectivity index (χ0n) is 15.5. The van der Waals surface area contributed by atoms with Crippen LogP contribution in [0, 0.1) is 5.92 Å². The number of hydrogen-bond donors (Lipinski definition) is 1. The first kappa shape index (κ1) is 17.6. The third kappa shape index (κ3) is 3.55. The highest BCUT2D eigenvalue weighted by Gasteiger charge is 2.27. The molecule has 5 nitrogen and oxygen atoms in total. The second-order valence-corrected chi connectivity index (χ2v) is 7.32. The van der Waals surface area contributed by atoms with Crippen molar-refractivity contribution in [2.45, 2.75) is 25.8 Å². The van der Waals surface area contributed by atoms with Gasteiger partial charge in [0.2, 0.25) is 0 Å². The summed E-state index contributed by atoms with van der Waals surface area (Å²) in [6.45, 7) is 3.53. The maximum Gasteiger partial charge on any atom is 0.254 e. The molecule has 1 aliphatic rings. The minimum absolute atomic E-state index is 0.0641. The molecule has 0 spiro atoms. The van der Waals surface area contributed by atoms with E-state index in [0.717, 1.165) is 48.1 Å². The number of pyridine rings is 2. The van der Waals surface area contributed by atoms with E-state index < -0.39 is 0 Å². The van der Waals surface area contributed by atoms with Crippen molar-refractivity contribution in [3.05, 3.63) is 60.4 Å². The summed E-state index contributed by atoms with van der Waals surface area (Å²) < 4.78 is 0. The number of aromatic nitrogens is 2. The van der Waals surface area contributed by atoms with Crippen LogP contribution in [0.1, 0.15) is 30.1 Å². The first-order valence-corrected chi connectivity index (χ1v) is 9.48. The van der Waals surface area contributed by atoms with Crippen LogP contribution >= 0.6 is 0 Å². The van der Waals surface area contributed by atoms with Crippen LogP contribution in [0.4, 0.5) is 0 Å². The third-order valence-corrected chi connectivity index (χ3v) is 5.41. The number of nitrogens with zero attached hydrogens (tertiary/aromatic N) is 3. The van der Waals surface area contributed by atoms with E-state index in [1.54, 1.807) is 12.4 Å². The van der Waals surface area contributed by atoms with Gasteiger partial charge in [0.25, 0.3) is 5.91 Å². The Morgan fingerprint density at radius 3 is 2.78 bits per heavy atom. The van der Waals surface area contributed by atoms with Gasteiger partial charge in [-0.1, -0.05) is 18.2 Å². The molecule has 138 valence electrons. The number of piperidine rings is 1. The van der Waals surface area contributed by atoms with Crippen molar-refractivity contribution in [1.29, 1.82) is 0 Å². The summed E-state index contributed by atoms with van der Waals surface area (Å²) in [4.78, 5) is 24.2. The van der Waals surface area contributed by atoms with Gasteiger partial charge in [0, 0.05) is 42.5 Å². The fourth-order valence-corrected chi connectivity index (χ4v) is 3.82. The number of nitrogens with two attached hydrogens (primary N) is 1. The van der Waals surface area contributed by atoms with Crippen LogP contribution in [-0.2, 0) is 0 Å². The Kier molecular flexibility index (Phi) is 4.86. The van der Waals surface area contributed by atoms with Crippen LogP contribution in [0.3, 0.4) is 0 Å². The van der Waals surface area contributed by atoms with E-state index in [0.29, 0.717) is 11.5 Å². The summed E-state index contributed by atoms with van der Waals surface area (Å²) in [5, 5.41) is 0.892. The lowest BCUT2D eigenvalue weighted by molar-refractivity contribution is 0.0663. The Morgan fingerprint density at radius 1 is 1.22 bits per heavy atom. The second-order valence-electron chi connectivity index (χ2n) is 7.32. The number of para-hydroxylation sites is 1. The Balaban J connectivity index is 1.77. The molecular weight excluding hydrogens is 336 g/mol. The smallest absolute Gasteiger partial charge is 0.254 e. The van der Waals surface area contributed by atoms with Crippen molar-refractivity contribution >= 4 is 16.8 Å². The Hall–Kier alpha value is -2.79. The summed E-state index contributed by atoms with van der Waals surface area (Å²) in [5.41, 5.74) is 9.39. The number of hydrogen-bond acceptors (Lipinski definition) is 4. The number of rotatable bonds is 3. The minimum Gasteiger partial charge on any atom is -0.338 e. The van der Waals surface area contributed by atoms with Crippen LogP contribution in [0.15, 0.2) is 54.9 Å². The molecule has 2 unspecified atom stereocenters. The zero-order valence-corrected chi connectivity index (χ0v) is 15.5. The van der Waals surface area contributed by atoms with Gasteiger partial charge in [0.1, 0.15) is 0 Å². The molecule has 0 bridgehead atoms. The summed E-state index contributed by atoms with van der Waals surface area (Å²) in [7, 11) is 0. The van der Waals surface area contributed by atoms with E-state index in [9.17, 15) is 4.79 Å². The molecule has 3 heterocycles. The average molecular weight is 360 g/mol. The summed E-state index contributed by atoms with van der Waals surface area (Å²) >= 11 is 0. The molecule has 5 heteroatoms. The Bertz CT molecular complexity index is 955. The van der Waals surface area contributed by atoms with Crippen molar-refractivity contribution in [2.75, 3.05) is 13.1 Å². The summed E-state index contributed by atoms with van der Waals surface area (Å²) in [5.74, 6) is 0.421. The van der Waals surface area contributed by atoms with E-state index in [1.165, 1.54) is 0 Å². The monoisotopic (exact) mass is 360 g/mol. The van der Waals surface area contributed by atoms with Crippen molar-refractivity contribution in [1.82, 2.24) is 14.9 Å². The van der Waals surface area contributed by atoms with E-state index in [1.807, 2.05) is 54.3 Å². The van der Waals surface area contributed by atoms with Crippen LogP contribution in [0.25, 0.3) is 22.2 Å². The molecule has 2 atom stereocenters. The number of carbonyl (C=O) groups excluding carboxylic acids is 1. The molecule has 4 rings (SSSR count). The summed E-state index contributed by atoms with van der Waals surface area (Å²) in [6.07, 6.45) is 5.57. The van der Waals surface area contributed by atoms with E-state index in [2.05, 4.69) is 4.98 Å². The zero-order chi connectivity index (χ0) is 18.8. The molecule has 1 aromatic carbocycles. The van der Waals surface area contributed by atoms with Gasteiger partial charge >= 0.3 is 0 Å². The normalized spacial score (nSPS) is 18.4. The lowest BCUT2D eigenvalue weighted by Crippen LogP contribution is -2.45. The second kappa shape index (κ2) is 7.45. The molecule has 0 aliphatic carbocycles. The van der Waals surface area contributed by atoms with Crippen LogP contribution in [0.2, 0.25) is 0 Å². The Morgan fingerprint density at radius 2 is 2.00 bits per heavy atom. The van der Waals surface area contributed by atoms with Crippen molar-refractivity contribution in [2.24, 2.45) is 11.7 Å². The van der Waals surface area contributed by atoms with Crippen LogP contribution < -0.4 is 5.73 Å². The van der Waals surface area contributed by atoms with Gasteiger partial charge in [-0.25, -0.2) is 4.98 Å². The molecule has 2 N–H and O–H groups in total. The lowest BCUT2D eigenvalue weighted by atomic mass is 9.91. The van der Waals surface area contributed by atoms with Gasteiger partial charge < -0.3 is 10.6 Å². The SMILES string of the molecule is CC(N)C1CCCN(C(=O)c2cc(-c3ccncc3)nc3ccccc23)C1. The van der Waals surface area contributed by atoms with Gasteiger partial charge in [0.15, 0.2) is 0 Å². The Labute approximate surface area is 159 Å². The van der Waals surface area contributed by atoms with E-state index >= 15 is 0 Å². The molecule has 0 radical (unpaired) electrons. The quantitative estimate of drug-likeness (QED) is 0.776. The first-order chi connectivity index (χ1) is 13.1. The van der Waals surface area contributed by atoms with E-state index in [4.69, 9.17) is 10.7 Å². The molecule has 3 aromatic rings. The molecule has 1 fully saturated rings. The van der Waals surface area contributed by atoms with Gasteiger partial charge in [-0.15, -0.1) is 0 Å². The van der Waals surface area contributed by atoms with Gasteiger partial charge in [-0.05, 0) is 49.9 Å². The van der Waals surface area contributed by atoms with Crippen LogP contribution in [-0.4, -0.2) is 39.9 Å². The lowest BCUT2D eigenvalue weighted by Gasteiger charge is -2.35. The topological polar surface area (TPSA) is 72.1 Å². The van der Waals surface area contributed by atoms with Crippen molar-refractivity contribution < 1.29 is 4.79 Å². The van der Waals surface area contributed by atoms with E-state index in [-0.39, 0.29) is 11.9 Å². The number of likely N-dealkylation sites (tertiary alicyclic amines) is 1. The molecule has 1 amide bonds. The van der Waals surface area contributed by atoms with Crippen molar-refractivity contribution in [3.63, 3.8) is 0 Å². The standard InChI is InChI=1S/C22H24N4O/c1-15(23)17-5-4-12-26(14-17)22(27)19-13-21(16-8-10-24-11-9-16)25-20-7-3-2-6-18(19)20/h2-3,6-11,13,15,17H,4-5,12,14,23H2,1H3. The first-order valence-electron chi connectivity index (χ1n) is 9.48. The molecule has 27 heavy (non-hydrogen) atoms. The van der Waals surface area contributed by atoms with Gasteiger partial charge in [-0.3, -0.25) is 9.78 Å². The van der Waals surface area contributed by atoms with Crippen molar-refractivity contribution in [3.8, 4) is 11.3 Å². The third-order valence-electron chi connectivity index (χ3n) is 5.41. The summed E-state index contributed by atoms with van der Waals surface area (Å²) in [6, 6.07) is 13.7. The maximum absolute atomic E-state index is 13.4. The largest absolute Gasteiger partial charge is 0.338 e. The molecular formula is C22H24N4O. The molecule has 0 saturated carbocycles. The maximum atomic E-state index is 13.4. The predicted octanol–water partition coefficient (Wildman–Crippen LogP) is 3.50. The van der Waals surface area contributed by atoms with Crippen LogP contribution in [0.5, 0.6) is 0 Å². The fraction of sp³-hybridized carbons (Fsp3) is 0.318. The van der Waals surface area contributed by atoms with Gasteiger partial charge in [-0.2, -0.15) is 0 Å². The van der Waals surface area contributed by atoms with Gasteiger partial charge in [0.05, 0.1) is 16.8 Å².